The number of hydrogen-bond donors (Lipinski definition) is 0. The Kier molecular flexibility index (Phi) is 5.09. The predicted molar refractivity (Wildman–Crippen MR) is 90.5 cm³/mol. The van der Waals surface area contributed by atoms with Crippen LogP contribution in [-0.4, -0.2) is 12.6 Å². The largest absolute Gasteiger partial charge is 0.303 e. The van der Waals surface area contributed by atoms with Crippen LogP contribution >= 0.6 is 0 Å². The monoisotopic (exact) mass is 302 g/mol. The van der Waals surface area contributed by atoms with Gasteiger partial charge in [-0.2, -0.15) is 0 Å². The maximum Gasteiger partial charge on any atom is 0.146 e. The van der Waals surface area contributed by atoms with Crippen LogP contribution in [-0.2, 0) is 9.59 Å². The van der Waals surface area contributed by atoms with Crippen molar-refractivity contribution in [3.63, 3.8) is 0 Å². The van der Waals surface area contributed by atoms with Gasteiger partial charge in [0.15, 0.2) is 0 Å². The van der Waals surface area contributed by atoms with Crippen molar-refractivity contribution in [3.05, 3.63) is 23.3 Å². The van der Waals surface area contributed by atoms with Gasteiger partial charge >= 0.3 is 0 Å². The molecule has 4 atom stereocenters. The van der Waals surface area contributed by atoms with Crippen LogP contribution in [0.1, 0.15) is 66.2 Å². The zero-order valence-electron chi connectivity index (χ0n) is 14.5. The highest BCUT2D eigenvalue weighted by atomic mass is 16.1. The third-order valence-electron chi connectivity index (χ3n) is 6.30. The fourth-order valence-corrected chi connectivity index (χ4v) is 5.05. The molecule has 0 amide bonds. The molecule has 0 bridgehead atoms. The number of hydrogen-bond acceptors (Lipinski definition) is 2. The predicted octanol–water partition coefficient (Wildman–Crippen LogP) is 4.89. The Hall–Kier alpha value is -1.18. The molecule has 0 saturated heterocycles. The Morgan fingerprint density at radius 3 is 2.59 bits per heavy atom. The molecule has 0 radical (unpaired) electrons. The van der Waals surface area contributed by atoms with E-state index >= 15 is 0 Å². The first-order valence-electron chi connectivity index (χ1n) is 8.61. The minimum atomic E-state index is -0.216. The van der Waals surface area contributed by atoms with Crippen molar-refractivity contribution in [3.8, 4) is 0 Å². The van der Waals surface area contributed by atoms with Crippen molar-refractivity contribution in [2.75, 3.05) is 0 Å². The third kappa shape index (κ3) is 2.98. The Morgan fingerprint density at radius 2 is 2.00 bits per heavy atom. The second-order valence-corrected chi connectivity index (χ2v) is 8.06. The quantitative estimate of drug-likeness (QED) is 0.535. The van der Waals surface area contributed by atoms with Crippen molar-refractivity contribution < 1.29 is 9.59 Å². The van der Waals surface area contributed by atoms with E-state index in [4.69, 9.17) is 0 Å². The summed E-state index contributed by atoms with van der Waals surface area (Å²) in [6.07, 6.45) is 13.0. The van der Waals surface area contributed by atoms with E-state index < -0.39 is 0 Å². The van der Waals surface area contributed by atoms with E-state index in [2.05, 4.69) is 33.8 Å². The Labute approximate surface area is 135 Å². The molecule has 0 heterocycles. The highest BCUT2D eigenvalue weighted by Crippen LogP contribution is 2.60. The van der Waals surface area contributed by atoms with Crippen LogP contribution in [0.4, 0.5) is 0 Å². The van der Waals surface area contributed by atoms with Gasteiger partial charge in [0.2, 0.25) is 0 Å². The molecular weight excluding hydrogens is 272 g/mol. The lowest BCUT2D eigenvalue weighted by Gasteiger charge is -2.56. The average molecular weight is 302 g/mol. The minimum absolute atomic E-state index is 0.0509. The van der Waals surface area contributed by atoms with Gasteiger partial charge in [-0.15, -0.1) is 0 Å². The summed E-state index contributed by atoms with van der Waals surface area (Å²) in [6, 6.07) is 0. The van der Waals surface area contributed by atoms with Gasteiger partial charge in [0, 0.05) is 5.92 Å². The van der Waals surface area contributed by atoms with E-state index in [1.165, 1.54) is 18.4 Å². The van der Waals surface area contributed by atoms with Gasteiger partial charge in [-0.05, 0) is 68.3 Å². The van der Waals surface area contributed by atoms with Gasteiger partial charge in [0.1, 0.15) is 12.6 Å². The molecule has 2 heteroatoms. The first-order valence-corrected chi connectivity index (χ1v) is 8.61. The van der Waals surface area contributed by atoms with Crippen molar-refractivity contribution >= 4 is 12.6 Å². The Balaban J connectivity index is 2.30. The van der Waals surface area contributed by atoms with E-state index in [0.717, 1.165) is 38.3 Å². The summed E-state index contributed by atoms with van der Waals surface area (Å²) in [5.74, 6) is 0.282. The van der Waals surface area contributed by atoms with Crippen LogP contribution < -0.4 is 0 Å². The molecule has 2 nitrogen and oxygen atoms in total. The smallest absolute Gasteiger partial charge is 0.146 e. The maximum atomic E-state index is 11.7. The number of aldehydes is 2. The highest BCUT2D eigenvalue weighted by molar-refractivity contribution is 5.82. The van der Waals surface area contributed by atoms with E-state index in [-0.39, 0.29) is 16.7 Å². The molecular formula is C20H30O2. The molecule has 0 aliphatic heterocycles. The lowest BCUT2D eigenvalue weighted by Crippen LogP contribution is -2.50. The van der Waals surface area contributed by atoms with Crippen LogP contribution in [0.25, 0.3) is 0 Å². The molecule has 122 valence electrons. The van der Waals surface area contributed by atoms with E-state index in [1.54, 1.807) is 0 Å². The maximum absolute atomic E-state index is 11.7. The zero-order chi connectivity index (χ0) is 16.4. The summed E-state index contributed by atoms with van der Waals surface area (Å²) in [5.41, 5.74) is 2.30. The van der Waals surface area contributed by atoms with Crippen LogP contribution in [0.3, 0.4) is 0 Å². The molecule has 22 heavy (non-hydrogen) atoms. The third-order valence-corrected chi connectivity index (χ3v) is 6.30. The molecule has 1 saturated carbocycles. The summed E-state index contributed by atoms with van der Waals surface area (Å²) in [7, 11) is 0. The fourth-order valence-electron chi connectivity index (χ4n) is 5.05. The number of carbonyl (C=O) groups excluding carboxylic acids is 2. The lowest BCUT2D eigenvalue weighted by atomic mass is 9.47. The topological polar surface area (TPSA) is 34.1 Å². The first kappa shape index (κ1) is 17.2. The number of rotatable bonds is 5. The molecule has 1 fully saturated rings. The van der Waals surface area contributed by atoms with Crippen LogP contribution in [0, 0.1) is 22.7 Å². The standard InChI is InChI=1S/C20H30O2/c1-15(2)7-5-10-19(3)11-6-12-20(4)17(14-22)16(13-21)8-9-18(19)20/h7-8,13-14,17-18H,5-6,9-12H2,1-4H3/t17-,18-,19+,20+/m0/s1. The normalized spacial score (nSPS) is 37.7. The summed E-state index contributed by atoms with van der Waals surface area (Å²) >= 11 is 0. The van der Waals surface area contributed by atoms with E-state index in [0.29, 0.717) is 11.5 Å². The lowest BCUT2D eigenvalue weighted by molar-refractivity contribution is -0.123. The van der Waals surface area contributed by atoms with Gasteiger partial charge in [0.25, 0.3) is 0 Å². The number of fused-ring (bicyclic) bond motifs is 1. The highest BCUT2D eigenvalue weighted by Gasteiger charge is 2.53. The number of allylic oxidation sites excluding steroid dienone is 4. The van der Waals surface area contributed by atoms with Crippen molar-refractivity contribution in [1.29, 1.82) is 0 Å². The number of carbonyl (C=O) groups is 2. The molecule has 0 N–H and O–H groups in total. The minimum Gasteiger partial charge on any atom is -0.303 e. The van der Waals surface area contributed by atoms with Crippen LogP contribution in [0.15, 0.2) is 23.3 Å². The van der Waals surface area contributed by atoms with Crippen LogP contribution in [0.5, 0.6) is 0 Å². The molecule has 2 aliphatic carbocycles. The molecule has 0 aromatic heterocycles. The van der Waals surface area contributed by atoms with E-state index in [1.807, 2.05) is 6.08 Å². The van der Waals surface area contributed by atoms with Gasteiger partial charge in [-0.1, -0.05) is 38.0 Å². The van der Waals surface area contributed by atoms with Crippen LogP contribution in [0.2, 0.25) is 0 Å². The Bertz CT molecular complexity index is 498. The molecule has 2 aliphatic rings. The molecule has 2 rings (SSSR count). The van der Waals surface area contributed by atoms with Gasteiger partial charge in [-0.25, -0.2) is 0 Å². The van der Waals surface area contributed by atoms with Crippen molar-refractivity contribution in [1.82, 2.24) is 0 Å². The van der Waals surface area contributed by atoms with Gasteiger partial charge in [0.05, 0.1) is 0 Å². The van der Waals surface area contributed by atoms with Crippen molar-refractivity contribution in [2.24, 2.45) is 22.7 Å². The van der Waals surface area contributed by atoms with Crippen molar-refractivity contribution in [2.45, 2.75) is 66.2 Å². The molecule has 0 spiro atoms. The van der Waals surface area contributed by atoms with Gasteiger partial charge in [-0.3, -0.25) is 4.79 Å². The fraction of sp³-hybridized carbons (Fsp3) is 0.700. The first-order chi connectivity index (χ1) is 10.4. The average Bonchev–Trinajstić information content (AvgIpc) is 2.45. The second-order valence-electron chi connectivity index (χ2n) is 8.06. The summed E-state index contributed by atoms with van der Waals surface area (Å²) in [6.45, 7) is 8.94. The zero-order valence-corrected chi connectivity index (χ0v) is 14.5. The summed E-state index contributed by atoms with van der Waals surface area (Å²) in [5, 5.41) is 0. The molecule has 0 unspecified atom stereocenters. The molecule has 0 aromatic rings. The second kappa shape index (κ2) is 6.52. The van der Waals surface area contributed by atoms with Gasteiger partial charge < -0.3 is 4.79 Å². The SMILES string of the molecule is CC(C)=CCC[C@]1(C)CCC[C@]2(C)[C@@H](C=O)C(C=O)=CC[C@@H]12. The summed E-state index contributed by atoms with van der Waals surface area (Å²) in [4.78, 5) is 23.0. The Morgan fingerprint density at radius 1 is 1.27 bits per heavy atom. The summed E-state index contributed by atoms with van der Waals surface area (Å²) < 4.78 is 0. The van der Waals surface area contributed by atoms with E-state index in [9.17, 15) is 9.59 Å². The molecule has 0 aromatic carbocycles.